The highest BCUT2D eigenvalue weighted by molar-refractivity contribution is 7.92. The van der Waals surface area contributed by atoms with E-state index in [4.69, 9.17) is 9.90 Å². The molecule has 0 amide bonds. The Morgan fingerprint density at radius 3 is 2.39 bits per heavy atom. The quantitative estimate of drug-likeness (QED) is 0.158. The van der Waals surface area contributed by atoms with Crippen LogP contribution in [0.4, 0.5) is 26.0 Å². The lowest BCUT2D eigenvalue weighted by atomic mass is 9.94. The number of piperidine rings is 1. The number of carbonyl (C=O) groups is 1. The lowest BCUT2D eigenvalue weighted by Gasteiger charge is -2.29. The van der Waals surface area contributed by atoms with E-state index in [1.54, 1.807) is 12.1 Å². The van der Waals surface area contributed by atoms with Crippen LogP contribution in [0.25, 0.3) is 22.2 Å². The number of fused-ring (bicyclic) bond motifs is 1. The summed E-state index contributed by atoms with van der Waals surface area (Å²) in [6.45, 7) is 3.14. The van der Waals surface area contributed by atoms with Crippen molar-refractivity contribution in [3.63, 3.8) is 0 Å². The predicted octanol–water partition coefficient (Wildman–Crippen LogP) is 6.35. The zero-order chi connectivity index (χ0) is 32.7. The second kappa shape index (κ2) is 14.5. The molecule has 3 heterocycles. The van der Waals surface area contributed by atoms with Crippen molar-refractivity contribution in [2.45, 2.75) is 30.7 Å². The van der Waals surface area contributed by atoms with Crippen LogP contribution >= 0.6 is 0 Å². The van der Waals surface area contributed by atoms with E-state index in [0.717, 1.165) is 41.2 Å². The Bertz CT molecular complexity index is 1910. The molecule has 3 N–H and O–H groups in total. The largest absolute Gasteiger partial charge is 0.483 e. The number of aromatic nitrogens is 3. The van der Waals surface area contributed by atoms with Crippen LogP contribution in [0.2, 0.25) is 0 Å². The van der Waals surface area contributed by atoms with Crippen molar-refractivity contribution in [2.75, 3.05) is 30.2 Å². The predicted molar refractivity (Wildman–Crippen MR) is 173 cm³/mol. The zero-order valence-electron chi connectivity index (χ0n) is 25.1. The fraction of sp³-hybridized carbons (Fsp3) is 0.242. The SMILES string of the molecule is CN1CCC(CCn2ccc3cc(-c4cc(Nc5ccc(NS(=O)(=O)c6ccc(F)cc6F)cc5)ncn4)ccc32)CC1.O=CO. The number of hydrogen-bond donors (Lipinski definition) is 3. The maximum absolute atomic E-state index is 14.0. The Labute approximate surface area is 265 Å². The van der Waals surface area contributed by atoms with E-state index in [2.05, 4.69) is 67.0 Å². The Kier molecular flexibility index (Phi) is 10.2. The molecule has 0 bridgehead atoms. The summed E-state index contributed by atoms with van der Waals surface area (Å²) in [7, 11) is -2.03. The molecule has 1 aliphatic rings. The van der Waals surface area contributed by atoms with Gasteiger partial charge in [-0.05, 0) is 99.9 Å². The normalized spacial score (nSPS) is 14.0. The van der Waals surface area contributed by atoms with Gasteiger partial charge in [-0.1, -0.05) is 6.07 Å². The molecule has 0 saturated carbocycles. The molecule has 240 valence electrons. The lowest BCUT2D eigenvalue weighted by Crippen LogP contribution is -2.30. The molecule has 6 rings (SSSR count). The van der Waals surface area contributed by atoms with Crippen LogP contribution in [0, 0.1) is 17.6 Å². The topological polar surface area (TPSA) is 129 Å². The standard InChI is InChI=1S/C32H32F2N6O2S.CH2O2/c1-39-14-10-22(11-15-39)12-16-40-17-13-24-18-23(2-8-30(24)40)29-20-32(36-21-35-29)37-26-4-6-27(7-5-26)38-43(41,42)31-9-3-25(33)19-28(31)34;2-1-3/h2-9,13,17-22,38H,10-12,14-16H2,1H3,(H,35,36,37);1H,(H,2,3). The molecule has 0 atom stereocenters. The van der Waals surface area contributed by atoms with Crippen LogP contribution in [-0.4, -0.2) is 59.6 Å². The maximum atomic E-state index is 14.0. The zero-order valence-corrected chi connectivity index (χ0v) is 25.9. The van der Waals surface area contributed by atoms with E-state index >= 15 is 0 Å². The van der Waals surface area contributed by atoms with Crippen molar-refractivity contribution in [2.24, 2.45) is 5.92 Å². The van der Waals surface area contributed by atoms with Crippen molar-refractivity contribution >= 4 is 44.6 Å². The number of likely N-dealkylation sites (tertiary alicyclic amines) is 1. The molecule has 13 heteroatoms. The van der Waals surface area contributed by atoms with Crippen molar-refractivity contribution in [1.29, 1.82) is 0 Å². The highest BCUT2D eigenvalue weighted by Crippen LogP contribution is 2.28. The van der Waals surface area contributed by atoms with Crippen LogP contribution in [0.3, 0.4) is 0 Å². The number of nitrogens with zero attached hydrogens (tertiary/aromatic N) is 4. The number of sulfonamides is 1. The molecule has 0 aliphatic carbocycles. The molecule has 46 heavy (non-hydrogen) atoms. The van der Waals surface area contributed by atoms with Crippen molar-refractivity contribution in [3.8, 4) is 11.3 Å². The molecule has 0 spiro atoms. The Hall–Kier alpha value is -4.88. The molecule has 3 aromatic carbocycles. The van der Waals surface area contributed by atoms with Gasteiger partial charge in [0.1, 0.15) is 28.7 Å². The van der Waals surface area contributed by atoms with Gasteiger partial charge in [0.15, 0.2) is 0 Å². The van der Waals surface area contributed by atoms with E-state index in [9.17, 15) is 17.2 Å². The van der Waals surface area contributed by atoms with Crippen LogP contribution in [-0.2, 0) is 21.4 Å². The van der Waals surface area contributed by atoms with Crippen molar-refractivity contribution in [3.05, 3.63) is 97.0 Å². The van der Waals surface area contributed by atoms with Gasteiger partial charge in [-0.3, -0.25) is 9.52 Å². The third-order valence-electron chi connectivity index (χ3n) is 7.94. The summed E-state index contributed by atoms with van der Waals surface area (Å²) in [5.41, 5.74) is 3.84. The second-order valence-electron chi connectivity index (χ2n) is 11.1. The number of aryl methyl sites for hydroxylation is 1. The summed E-state index contributed by atoms with van der Waals surface area (Å²) in [6, 6.07) is 19.1. The van der Waals surface area contributed by atoms with Crippen LogP contribution in [0.15, 0.2) is 90.2 Å². The summed E-state index contributed by atoms with van der Waals surface area (Å²) < 4.78 is 57.0. The first-order chi connectivity index (χ1) is 22.1. The number of nitrogens with one attached hydrogen (secondary N) is 2. The third kappa shape index (κ3) is 8.03. The maximum Gasteiger partial charge on any atom is 0.290 e. The van der Waals surface area contributed by atoms with E-state index in [0.29, 0.717) is 17.6 Å². The molecule has 1 aliphatic heterocycles. The lowest BCUT2D eigenvalue weighted by molar-refractivity contribution is -0.122. The number of benzene rings is 3. The first-order valence-electron chi connectivity index (χ1n) is 14.7. The molecule has 1 saturated heterocycles. The molecule has 5 aromatic rings. The summed E-state index contributed by atoms with van der Waals surface area (Å²) in [6.07, 6.45) is 7.39. The highest BCUT2D eigenvalue weighted by atomic mass is 32.2. The van der Waals surface area contributed by atoms with Gasteiger partial charge >= 0.3 is 0 Å². The number of halogens is 2. The fourth-order valence-electron chi connectivity index (χ4n) is 5.48. The molecular weight excluding hydrogens is 614 g/mol. The third-order valence-corrected chi connectivity index (χ3v) is 9.36. The van der Waals surface area contributed by atoms with E-state index in [1.807, 2.05) is 6.07 Å². The summed E-state index contributed by atoms with van der Waals surface area (Å²) in [4.78, 5) is 18.9. The molecular formula is C33H34F2N6O4S. The van der Waals surface area contributed by atoms with Crippen molar-refractivity contribution in [1.82, 2.24) is 19.4 Å². The second-order valence-corrected chi connectivity index (χ2v) is 12.7. The summed E-state index contributed by atoms with van der Waals surface area (Å²) >= 11 is 0. The fourth-order valence-corrected chi connectivity index (χ4v) is 6.60. The monoisotopic (exact) mass is 648 g/mol. The van der Waals surface area contributed by atoms with E-state index in [-0.39, 0.29) is 12.2 Å². The summed E-state index contributed by atoms with van der Waals surface area (Å²) in [5.74, 6) is -0.660. The van der Waals surface area contributed by atoms with E-state index in [1.165, 1.54) is 56.3 Å². The van der Waals surface area contributed by atoms with Gasteiger partial charge in [0.25, 0.3) is 16.5 Å². The van der Waals surface area contributed by atoms with E-state index < -0.39 is 26.6 Å². The summed E-state index contributed by atoms with van der Waals surface area (Å²) in [5, 5.41) is 11.3. The Balaban J connectivity index is 0.00000134. The minimum Gasteiger partial charge on any atom is -0.483 e. The van der Waals surface area contributed by atoms with Gasteiger partial charge in [-0.2, -0.15) is 0 Å². The van der Waals surface area contributed by atoms with Gasteiger partial charge in [-0.25, -0.2) is 27.2 Å². The van der Waals surface area contributed by atoms with Gasteiger partial charge in [0.2, 0.25) is 0 Å². The Morgan fingerprint density at radius 2 is 1.67 bits per heavy atom. The average Bonchev–Trinajstić information content (AvgIpc) is 3.44. The smallest absolute Gasteiger partial charge is 0.290 e. The highest BCUT2D eigenvalue weighted by Gasteiger charge is 2.20. The Morgan fingerprint density at radius 1 is 0.957 bits per heavy atom. The molecule has 0 unspecified atom stereocenters. The number of rotatable bonds is 9. The van der Waals surface area contributed by atoms with Gasteiger partial charge in [0, 0.05) is 52.7 Å². The van der Waals surface area contributed by atoms with Crippen LogP contribution in [0.5, 0.6) is 0 Å². The molecule has 2 aromatic heterocycles. The molecule has 10 nitrogen and oxygen atoms in total. The van der Waals surface area contributed by atoms with Gasteiger partial charge in [0.05, 0.1) is 5.69 Å². The van der Waals surface area contributed by atoms with Crippen molar-refractivity contribution < 1.29 is 27.1 Å². The first-order valence-corrected chi connectivity index (χ1v) is 16.2. The molecule has 1 fully saturated rings. The van der Waals surface area contributed by atoms with Gasteiger partial charge in [-0.15, -0.1) is 0 Å². The minimum absolute atomic E-state index is 0.226. The van der Waals surface area contributed by atoms with Crippen LogP contribution in [0.1, 0.15) is 19.3 Å². The molecule has 0 radical (unpaired) electrons. The first kappa shape index (κ1) is 32.5. The average molecular weight is 649 g/mol. The minimum atomic E-state index is -4.23. The number of anilines is 3. The van der Waals surface area contributed by atoms with Crippen LogP contribution < -0.4 is 10.0 Å². The number of carboxylic acid groups (broad SMARTS) is 1. The van der Waals surface area contributed by atoms with Gasteiger partial charge < -0.3 is 19.9 Å². The number of hydrogen-bond acceptors (Lipinski definition) is 7.